The minimum Gasteiger partial charge on any atom is -0.248 e. The molecule has 0 saturated heterocycles. The lowest BCUT2D eigenvalue weighted by Crippen LogP contribution is -2.33. The molecule has 1 fully saturated rings. The second-order valence-electron chi connectivity index (χ2n) is 3.60. The lowest BCUT2D eigenvalue weighted by atomic mass is 10.6. The molecular weight excluding hydrogens is 232 g/mol. The first-order valence-electron chi connectivity index (χ1n) is 5.01. The molecule has 1 aromatic heterocycles. The molecule has 1 aromatic rings. The van der Waals surface area contributed by atoms with Gasteiger partial charge in [0, 0.05) is 17.6 Å². The maximum atomic E-state index is 11.8. The van der Waals surface area contributed by atoms with Crippen molar-refractivity contribution in [2.45, 2.75) is 32.4 Å². The summed E-state index contributed by atoms with van der Waals surface area (Å²) in [4.78, 5) is 4.13. The summed E-state index contributed by atoms with van der Waals surface area (Å²) >= 11 is 1.51. The van der Waals surface area contributed by atoms with Gasteiger partial charge in [0.05, 0.1) is 12.3 Å². The molecule has 0 radical (unpaired) electrons. The van der Waals surface area contributed by atoms with Gasteiger partial charge in [-0.2, -0.15) is 4.31 Å². The summed E-state index contributed by atoms with van der Waals surface area (Å²) in [5.41, 5.74) is 0. The molecule has 0 N–H and O–H groups in total. The first kappa shape index (κ1) is 11.0. The molecule has 0 atom stereocenters. The quantitative estimate of drug-likeness (QED) is 0.790. The molecule has 1 heterocycles. The average Bonchev–Trinajstić information content (AvgIpc) is 2.92. The van der Waals surface area contributed by atoms with Gasteiger partial charge in [-0.05, 0) is 19.8 Å². The summed E-state index contributed by atoms with van der Waals surface area (Å²) in [6.45, 7) is 2.13. The molecule has 0 aromatic carbocycles. The Morgan fingerprint density at radius 1 is 1.60 bits per heavy atom. The number of sulfonamides is 1. The van der Waals surface area contributed by atoms with E-state index < -0.39 is 10.0 Å². The Kier molecular flexibility index (Phi) is 3.08. The minimum atomic E-state index is -3.07. The predicted octanol–water partition coefficient (Wildman–Crippen LogP) is 1.46. The third-order valence-electron chi connectivity index (χ3n) is 2.45. The summed E-state index contributed by atoms with van der Waals surface area (Å²) in [5.74, 6) is 0.175. The van der Waals surface area contributed by atoms with E-state index in [2.05, 4.69) is 4.98 Å². The van der Waals surface area contributed by atoms with Crippen molar-refractivity contribution in [3.05, 3.63) is 16.6 Å². The zero-order valence-corrected chi connectivity index (χ0v) is 10.2. The number of nitrogens with zero attached hydrogens (tertiary/aromatic N) is 2. The maximum Gasteiger partial charge on any atom is 0.214 e. The van der Waals surface area contributed by atoms with Gasteiger partial charge >= 0.3 is 0 Å². The van der Waals surface area contributed by atoms with E-state index in [-0.39, 0.29) is 11.8 Å². The van der Waals surface area contributed by atoms with Crippen molar-refractivity contribution >= 4 is 21.4 Å². The molecule has 1 aliphatic carbocycles. The highest BCUT2D eigenvalue weighted by molar-refractivity contribution is 7.89. The van der Waals surface area contributed by atoms with Crippen LogP contribution in [0, 0.1) is 0 Å². The molecule has 0 unspecified atom stereocenters. The summed E-state index contributed by atoms with van der Waals surface area (Å²) in [6, 6.07) is 0.221. The van der Waals surface area contributed by atoms with Crippen molar-refractivity contribution in [1.29, 1.82) is 0 Å². The first-order valence-corrected chi connectivity index (χ1v) is 7.50. The van der Waals surface area contributed by atoms with Crippen LogP contribution in [0.5, 0.6) is 0 Å². The van der Waals surface area contributed by atoms with E-state index >= 15 is 0 Å². The minimum absolute atomic E-state index is 0.175. The zero-order valence-electron chi connectivity index (χ0n) is 8.59. The van der Waals surface area contributed by atoms with E-state index in [1.807, 2.05) is 5.38 Å². The highest BCUT2D eigenvalue weighted by Crippen LogP contribution is 2.31. The molecule has 0 spiro atoms. The normalized spacial score (nSPS) is 17.2. The summed E-state index contributed by atoms with van der Waals surface area (Å²) in [6.07, 6.45) is 3.69. The van der Waals surface area contributed by atoms with Crippen molar-refractivity contribution in [2.24, 2.45) is 0 Å². The summed E-state index contributed by atoms with van der Waals surface area (Å²) in [5, 5.41) is 2.75. The number of hydrogen-bond acceptors (Lipinski definition) is 4. The second-order valence-corrected chi connectivity index (χ2v) is 6.79. The van der Waals surface area contributed by atoms with Crippen LogP contribution in [0.4, 0.5) is 0 Å². The average molecular weight is 246 g/mol. The molecule has 1 aliphatic rings. The van der Waals surface area contributed by atoms with E-state index in [0.717, 1.165) is 17.8 Å². The maximum absolute atomic E-state index is 11.8. The van der Waals surface area contributed by atoms with Crippen LogP contribution < -0.4 is 0 Å². The van der Waals surface area contributed by atoms with Crippen molar-refractivity contribution in [3.8, 4) is 0 Å². The van der Waals surface area contributed by atoms with Gasteiger partial charge in [0.2, 0.25) is 10.0 Å². The number of rotatable bonds is 5. The molecule has 6 heteroatoms. The monoisotopic (exact) mass is 246 g/mol. The Balaban J connectivity index is 2.14. The lowest BCUT2D eigenvalue weighted by Gasteiger charge is -2.19. The highest BCUT2D eigenvalue weighted by Gasteiger charge is 2.36. The highest BCUT2D eigenvalue weighted by atomic mass is 32.2. The molecule has 1 saturated carbocycles. The van der Waals surface area contributed by atoms with E-state index in [1.54, 1.807) is 17.4 Å². The van der Waals surface area contributed by atoms with Crippen LogP contribution in [0.3, 0.4) is 0 Å². The Bertz CT molecular complexity index is 409. The molecule has 0 amide bonds. The predicted molar refractivity (Wildman–Crippen MR) is 60.1 cm³/mol. The van der Waals surface area contributed by atoms with Crippen LogP contribution in [-0.4, -0.2) is 29.5 Å². The third-order valence-corrected chi connectivity index (χ3v) is 5.09. The van der Waals surface area contributed by atoms with Crippen LogP contribution in [0.25, 0.3) is 0 Å². The summed E-state index contributed by atoms with van der Waals surface area (Å²) in [7, 11) is -3.07. The Hall–Kier alpha value is -0.460. The van der Waals surface area contributed by atoms with E-state index in [9.17, 15) is 8.42 Å². The Labute approximate surface area is 94.0 Å². The molecule has 4 nitrogen and oxygen atoms in total. The third kappa shape index (κ3) is 2.56. The van der Waals surface area contributed by atoms with Gasteiger partial charge in [-0.25, -0.2) is 13.4 Å². The van der Waals surface area contributed by atoms with Gasteiger partial charge in [0.1, 0.15) is 5.01 Å². The fourth-order valence-electron chi connectivity index (χ4n) is 1.45. The molecule has 84 valence electrons. The first-order chi connectivity index (χ1) is 7.13. The van der Waals surface area contributed by atoms with Crippen molar-refractivity contribution in [2.75, 3.05) is 5.75 Å². The van der Waals surface area contributed by atoms with Crippen LogP contribution >= 0.6 is 11.3 Å². The second kappa shape index (κ2) is 4.19. The molecule has 0 bridgehead atoms. The zero-order chi connectivity index (χ0) is 10.9. The van der Waals surface area contributed by atoms with Crippen LogP contribution in [0.1, 0.15) is 24.8 Å². The number of thiazole rings is 1. The van der Waals surface area contributed by atoms with Gasteiger partial charge in [-0.3, -0.25) is 0 Å². The van der Waals surface area contributed by atoms with Gasteiger partial charge in [-0.15, -0.1) is 11.3 Å². The molecular formula is C9H14N2O2S2. The van der Waals surface area contributed by atoms with Crippen LogP contribution in [0.2, 0.25) is 0 Å². The smallest absolute Gasteiger partial charge is 0.214 e. The fraction of sp³-hybridized carbons (Fsp3) is 0.667. The number of aromatic nitrogens is 1. The Morgan fingerprint density at radius 2 is 2.33 bits per heavy atom. The van der Waals surface area contributed by atoms with Crippen LogP contribution in [-0.2, 0) is 16.6 Å². The molecule has 15 heavy (non-hydrogen) atoms. The van der Waals surface area contributed by atoms with Crippen molar-refractivity contribution in [3.63, 3.8) is 0 Å². The van der Waals surface area contributed by atoms with E-state index in [4.69, 9.17) is 0 Å². The lowest BCUT2D eigenvalue weighted by molar-refractivity contribution is 0.399. The van der Waals surface area contributed by atoms with Crippen molar-refractivity contribution in [1.82, 2.24) is 9.29 Å². The molecule has 2 rings (SSSR count). The van der Waals surface area contributed by atoms with Gasteiger partial charge in [0.15, 0.2) is 0 Å². The molecule has 0 aliphatic heterocycles. The van der Waals surface area contributed by atoms with E-state index in [1.165, 1.54) is 11.3 Å². The van der Waals surface area contributed by atoms with Crippen LogP contribution in [0.15, 0.2) is 11.6 Å². The SMILES string of the molecule is CCS(=O)(=O)N(Cc1nccs1)C1CC1. The summed E-state index contributed by atoms with van der Waals surface area (Å²) < 4.78 is 25.2. The van der Waals surface area contributed by atoms with Gasteiger partial charge in [0.25, 0.3) is 0 Å². The largest absolute Gasteiger partial charge is 0.248 e. The van der Waals surface area contributed by atoms with Gasteiger partial charge < -0.3 is 0 Å². The fourth-order valence-corrected chi connectivity index (χ4v) is 3.46. The topological polar surface area (TPSA) is 50.3 Å². The Morgan fingerprint density at radius 3 is 2.80 bits per heavy atom. The number of hydrogen-bond donors (Lipinski definition) is 0. The van der Waals surface area contributed by atoms with Gasteiger partial charge in [-0.1, -0.05) is 0 Å². The van der Waals surface area contributed by atoms with Crippen molar-refractivity contribution < 1.29 is 8.42 Å². The van der Waals surface area contributed by atoms with E-state index in [0.29, 0.717) is 6.54 Å². The standard InChI is InChI=1S/C9H14N2O2S2/c1-2-15(12,13)11(8-3-4-8)7-9-10-5-6-14-9/h5-6,8H,2-4,7H2,1H3.